The maximum absolute atomic E-state index is 12.2. The number of aromatic nitrogens is 2. The van der Waals surface area contributed by atoms with Crippen LogP contribution in [0, 0.1) is 16.9 Å². The van der Waals surface area contributed by atoms with E-state index in [1.807, 2.05) is 71.5 Å². The number of hydrogen-bond donors (Lipinski definition) is 1. The van der Waals surface area contributed by atoms with Crippen LogP contribution in [0.1, 0.15) is 105 Å². The normalized spacial score (nSPS) is 13.3. The SMILES string of the molecule is CC(C)(C)c1cc(-c2nccc3sc4c(c23)CCc2ccncc2-4)[c-]c2ccccc12.CCC(C)(CC)C(=O)/C=C(\O)C(C)(CC)CC.[Ir]. The summed E-state index contributed by atoms with van der Waals surface area (Å²) < 4.78 is 1.30. The third-order valence-corrected chi connectivity index (χ3v) is 12.2. The van der Waals surface area contributed by atoms with E-state index in [0.29, 0.717) is 0 Å². The molecule has 0 saturated heterocycles. The molecule has 0 aliphatic heterocycles. The molecule has 0 fully saturated rings. The monoisotopic (exact) mass is 852 g/mol. The van der Waals surface area contributed by atoms with Crippen LogP contribution in [0.3, 0.4) is 0 Å². The van der Waals surface area contributed by atoms with Crippen molar-refractivity contribution in [3.63, 3.8) is 0 Å². The minimum absolute atomic E-state index is 0. The van der Waals surface area contributed by atoms with Crippen LogP contribution in [-0.2, 0) is 43.2 Å². The quantitative estimate of drug-likeness (QED) is 0.0960. The van der Waals surface area contributed by atoms with Gasteiger partial charge < -0.3 is 5.11 Å². The minimum atomic E-state index is -0.337. The number of nitrogens with zero attached hydrogens (tertiary/aromatic N) is 2. The van der Waals surface area contributed by atoms with Crippen LogP contribution in [0.15, 0.2) is 72.9 Å². The Balaban J connectivity index is 0.000000260. The number of aliphatic hydroxyl groups is 1. The number of pyridine rings is 2. The van der Waals surface area contributed by atoms with E-state index in [4.69, 9.17) is 4.98 Å². The second-order valence-electron chi connectivity index (χ2n) is 14.8. The number of allylic oxidation sites excluding steroid dienone is 2. The number of carbonyl (C=O) groups excluding carboxylic acids is 1. The number of carbonyl (C=O) groups is 1. The number of thiophene rings is 1. The van der Waals surface area contributed by atoms with E-state index >= 15 is 0 Å². The van der Waals surface area contributed by atoms with Crippen molar-refractivity contribution in [2.24, 2.45) is 10.8 Å². The summed E-state index contributed by atoms with van der Waals surface area (Å²) in [4.78, 5) is 22.8. The fourth-order valence-electron chi connectivity index (χ4n) is 6.53. The van der Waals surface area contributed by atoms with Crippen LogP contribution in [0.2, 0.25) is 0 Å². The molecule has 5 aromatic rings. The summed E-state index contributed by atoms with van der Waals surface area (Å²) in [5.74, 6) is 0.286. The molecular formula is C43H51IrN2O2S-. The summed E-state index contributed by atoms with van der Waals surface area (Å²) in [6, 6.07) is 18.9. The summed E-state index contributed by atoms with van der Waals surface area (Å²) in [5.41, 5.74) is 7.02. The standard InChI is InChI=1S/C28H23N2S.C15H28O2.Ir/c1-28(2,3)23-15-19(14-18-6-4-5-7-20(18)23)26-25-21-9-8-17-10-12-29-16-22(17)27(21)31-24(25)11-13-30-26;1-7-14(5,8-2)12(16)11-13(17)15(6,9-3)10-4;/h4-7,10-13,15-16H,8-9H2,1-3H3;11,16H,7-10H2,1-6H3;/q-1;;/b;12-11-;. The maximum Gasteiger partial charge on any atom is 0.164 e. The van der Waals surface area contributed by atoms with Crippen molar-refractivity contribution < 1.29 is 30.0 Å². The average Bonchev–Trinajstić information content (AvgIpc) is 3.49. The summed E-state index contributed by atoms with van der Waals surface area (Å²) in [7, 11) is 0. The number of aryl methyl sites for hydroxylation is 2. The summed E-state index contributed by atoms with van der Waals surface area (Å²) in [6.07, 6.45) is 12.7. The molecule has 0 amide bonds. The molecule has 2 aromatic carbocycles. The van der Waals surface area contributed by atoms with E-state index in [9.17, 15) is 9.90 Å². The molecule has 0 saturated carbocycles. The van der Waals surface area contributed by atoms with E-state index in [1.54, 1.807) is 0 Å². The number of fused-ring (bicyclic) bond motifs is 6. The molecule has 0 atom stereocenters. The second-order valence-corrected chi connectivity index (χ2v) is 15.8. The Morgan fingerprint density at radius 1 is 0.918 bits per heavy atom. The van der Waals surface area contributed by atoms with Crippen LogP contribution in [0.5, 0.6) is 0 Å². The molecule has 0 unspecified atom stereocenters. The predicted molar refractivity (Wildman–Crippen MR) is 204 cm³/mol. The van der Waals surface area contributed by atoms with Crippen molar-refractivity contribution in [2.45, 2.75) is 106 Å². The molecule has 0 spiro atoms. The first-order chi connectivity index (χ1) is 22.8. The Hall–Kier alpha value is -3.18. The van der Waals surface area contributed by atoms with Gasteiger partial charge in [-0.1, -0.05) is 91.5 Å². The topological polar surface area (TPSA) is 63.1 Å². The molecule has 4 nitrogen and oxygen atoms in total. The van der Waals surface area contributed by atoms with Crippen molar-refractivity contribution in [2.75, 3.05) is 0 Å². The molecule has 49 heavy (non-hydrogen) atoms. The fourth-order valence-corrected chi connectivity index (χ4v) is 7.83. The van der Waals surface area contributed by atoms with E-state index in [-0.39, 0.29) is 47.9 Å². The van der Waals surface area contributed by atoms with Gasteiger partial charge >= 0.3 is 0 Å². The maximum atomic E-state index is 12.2. The Kier molecular flexibility index (Phi) is 12.1. The van der Waals surface area contributed by atoms with E-state index in [0.717, 1.165) is 55.2 Å². The molecule has 1 N–H and O–H groups in total. The summed E-state index contributed by atoms with van der Waals surface area (Å²) >= 11 is 1.87. The largest absolute Gasteiger partial charge is 0.512 e. The predicted octanol–water partition coefficient (Wildman–Crippen LogP) is 12.0. The zero-order chi connectivity index (χ0) is 34.9. The number of hydrogen-bond acceptors (Lipinski definition) is 5. The molecule has 1 aliphatic carbocycles. The van der Waals surface area contributed by atoms with E-state index in [2.05, 4.69) is 74.3 Å². The summed E-state index contributed by atoms with van der Waals surface area (Å²) in [5, 5.41) is 13.9. The van der Waals surface area contributed by atoms with Gasteiger partial charge in [0.1, 0.15) is 5.76 Å². The zero-order valence-corrected chi connectivity index (χ0v) is 33.8. The number of ketones is 1. The van der Waals surface area contributed by atoms with Crippen molar-refractivity contribution in [1.82, 2.24) is 9.97 Å². The average molecular weight is 852 g/mol. The van der Waals surface area contributed by atoms with Gasteiger partial charge in [0.15, 0.2) is 5.78 Å². The Bertz CT molecular complexity index is 1980. The van der Waals surface area contributed by atoms with Crippen LogP contribution < -0.4 is 0 Å². The van der Waals surface area contributed by atoms with Crippen molar-refractivity contribution in [3.05, 3.63) is 95.6 Å². The number of aliphatic hydroxyl groups excluding tert-OH is 1. The third-order valence-electron chi connectivity index (χ3n) is 10.9. The molecule has 3 aromatic heterocycles. The molecule has 6 rings (SSSR count). The minimum Gasteiger partial charge on any atom is -0.512 e. The molecule has 1 aliphatic rings. The van der Waals surface area contributed by atoms with Gasteiger partial charge in [0.05, 0.1) is 0 Å². The van der Waals surface area contributed by atoms with Gasteiger partial charge in [-0.25, -0.2) is 0 Å². The molecule has 1 radical (unpaired) electrons. The van der Waals surface area contributed by atoms with Gasteiger partial charge in [0, 0.05) is 76.4 Å². The van der Waals surface area contributed by atoms with Gasteiger partial charge in [0.25, 0.3) is 0 Å². The van der Waals surface area contributed by atoms with Gasteiger partial charge in [-0.15, -0.1) is 40.5 Å². The molecule has 0 bridgehead atoms. The number of rotatable bonds is 8. The second kappa shape index (κ2) is 15.4. The Morgan fingerprint density at radius 3 is 2.24 bits per heavy atom. The molecule has 261 valence electrons. The van der Waals surface area contributed by atoms with E-state index < -0.39 is 0 Å². The Morgan fingerprint density at radius 2 is 1.59 bits per heavy atom. The third kappa shape index (κ3) is 7.62. The van der Waals surface area contributed by atoms with Gasteiger partial charge in [-0.2, -0.15) is 0 Å². The molecular weight excluding hydrogens is 801 g/mol. The van der Waals surface area contributed by atoms with Gasteiger partial charge in [-0.3, -0.25) is 14.8 Å². The summed E-state index contributed by atoms with van der Waals surface area (Å²) in [6.45, 7) is 18.9. The molecule has 3 heterocycles. The first-order valence-corrected chi connectivity index (χ1v) is 18.4. The van der Waals surface area contributed by atoms with Crippen LogP contribution >= 0.6 is 11.3 Å². The van der Waals surface area contributed by atoms with Crippen LogP contribution in [0.25, 0.3) is 42.6 Å². The van der Waals surface area contributed by atoms with Crippen LogP contribution in [-0.4, -0.2) is 20.9 Å². The van der Waals surface area contributed by atoms with Gasteiger partial charge in [-0.05, 0) is 72.6 Å². The Labute approximate surface area is 310 Å². The fraction of sp³-hybridized carbons (Fsp3) is 0.419. The first kappa shape index (κ1) is 38.6. The first-order valence-electron chi connectivity index (χ1n) is 17.5. The molecule has 6 heteroatoms. The van der Waals surface area contributed by atoms with Crippen molar-refractivity contribution in [1.29, 1.82) is 0 Å². The smallest absolute Gasteiger partial charge is 0.164 e. The van der Waals surface area contributed by atoms with Crippen molar-refractivity contribution >= 4 is 38.0 Å². The van der Waals surface area contributed by atoms with E-state index in [1.165, 1.54) is 48.7 Å². The zero-order valence-electron chi connectivity index (χ0n) is 30.6. The number of benzene rings is 2. The van der Waals surface area contributed by atoms with Crippen molar-refractivity contribution in [3.8, 4) is 21.7 Å². The van der Waals surface area contributed by atoms with Crippen LogP contribution in [0.4, 0.5) is 0 Å². The van der Waals surface area contributed by atoms with Gasteiger partial charge in [0.2, 0.25) is 0 Å².